The number of piperidine rings is 2. The highest BCUT2D eigenvalue weighted by Crippen LogP contribution is 2.32. The molecule has 2 saturated heterocycles. The van der Waals surface area contributed by atoms with Crippen LogP contribution >= 0.6 is 0 Å². The van der Waals surface area contributed by atoms with E-state index in [1.807, 2.05) is 0 Å². The highest BCUT2D eigenvalue weighted by molar-refractivity contribution is 6.00. The second kappa shape index (κ2) is 8.99. The molecular formula is C19H28FN5O3. The topological polar surface area (TPSA) is 126 Å². The first kappa shape index (κ1) is 20.7. The zero-order chi connectivity index (χ0) is 20.3. The monoisotopic (exact) mass is 393 g/mol. The number of nitriles is 1. The van der Waals surface area contributed by atoms with E-state index >= 15 is 0 Å². The largest absolute Gasteiger partial charge is 0.394 e. The van der Waals surface area contributed by atoms with Gasteiger partial charge in [0.1, 0.15) is 12.2 Å². The van der Waals surface area contributed by atoms with E-state index in [2.05, 4.69) is 27.3 Å². The molecule has 3 rings (SSSR count). The Morgan fingerprint density at radius 2 is 2.18 bits per heavy atom. The molecule has 9 heteroatoms. The van der Waals surface area contributed by atoms with Gasteiger partial charge in [-0.2, -0.15) is 5.26 Å². The molecule has 0 bridgehead atoms. The fraction of sp³-hybridized carbons (Fsp3) is 0.737. The van der Waals surface area contributed by atoms with E-state index < -0.39 is 30.2 Å². The molecule has 0 spiro atoms. The Morgan fingerprint density at radius 1 is 1.39 bits per heavy atom. The first-order chi connectivity index (χ1) is 13.5. The Hall–Kier alpha value is -2.02. The van der Waals surface area contributed by atoms with Crippen molar-refractivity contribution in [2.45, 2.75) is 62.9 Å². The van der Waals surface area contributed by atoms with Gasteiger partial charge in [0.25, 0.3) is 0 Å². The number of amides is 2. The van der Waals surface area contributed by atoms with E-state index in [4.69, 9.17) is 0 Å². The van der Waals surface area contributed by atoms with E-state index in [-0.39, 0.29) is 30.9 Å². The van der Waals surface area contributed by atoms with Crippen LogP contribution < -0.4 is 21.3 Å². The fourth-order valence-corrected chi connectivity index (χ4v) is 4.56. The number of rotatable bonds is 5. The van der Waals surface area contributed by atoms with Gasteiger partial charge in [-0.3, -0.25) is 9.59 Å². The molecule has 0 saturated carbocycles. The number of alkyl halides is 1. The van der Waals surface area contributed by atoms with Crippen molar-refractivity contribution in [2.24, 2.45) is 5.92 Å². The third-order valence-corrected chi connectivity index (χ3v) is 6.06. The molecule has 0 aliphatic carbocycles. The lowest BCUT2D eigenvalue weighted by Crippen LogP contribution is -2.59. The van der Waals surface area contributed by atoms with Crippen LogP contribution in [0, 0.1) is 17.2 Å². The fourth-order valence-electron chi connectivity index (χ4n) is 4.56. The number of fused-ring (bicyclic) bond motifs is 1. The molecule has 154 valence electrons. The Morgan fingerprint density at radius 3 is 2.86 bits per heavy atom. The van der Waals surface area contributed by atoms with Gasteiger partial charge in [0.15, 0.2) is 0 Å². The maximum atomic E-state index is 14.1. The van der Waals surface area contributed by atoms with Crippen molar-refractivity contribution in [1.29, 1.82) is 5.26 Å². The first-order valence-electron chi connectivity index (χ1n) is 9.87. The molecule has 0 aromatic rings. The summed E-state index contributed by atoms with van der Waals surface area (Å²) in [6.07, 6.45) is 0.521. The van der Waals surface area contributed by atoms with Crippen molar-refractivity contribution >= 4 is 11.8 Å². The van der Waals surface area contributed by atoms with Crippen LogP contribution in [0.15, 0.2) is 11.1 Å². The number of nitrogens with one attached hydrogen (secondary N) is 4. The Bertz CT molecular complexity index is 692. The van der Waals surface area contributed by atoms with Gasteiger partial charge in [-0.1, -0.05) is 5.57 Å². The molecule has 8 nitrogen and oxygen atoms in total. The summed E-state index contributed by atoms with van der Waals surface area (Å²) in [6, 6.07) is 0.296. The van der Waals surface area contributed by atoms with Crippen molar-refractivity contribution in [3.05, 3.63) is 11.1 Å². The van der Waals surface area contributed by atoms with Crippen LogP contribution in [0.1, 0.15) is 32.6 Å². The normalized spacial score (nSPS) is 34.1. The molecule has 3 aliphatic rings. The second-order valence-electron chi connectivity index (χ2n) is 7.79. The summed E-state index contributed by atoms with van der Waals surface area (Å²) in [5, 5.41) is 30.8. The van der Waals surface area contributed by atoms with Crippen LogP contribution in [0.2, 0.25) is 0 Å². The molecule has 2 fully saturated rings. The van der Waals surface area contributed by atoms with Gasteiger partial charge in [-0.05, 0) is 39.3 Å². The highest BCUT2D eigenvalue weighted by Gasteiger charge is 2.41. The summed E-state index contributed by atoms with van der Waals surface area (Å²) in [5.74, 6) is -0.922. The van der Waals surface area contributed by atoms with Crippen LogP contribution in [-0.2, 0) is 9.59 Å². The third kappa shape index (κ3) is 4.19. The molecule has 3 aliphatic heterocycles. The maximum Gasteiger partial charge on any atom is 0.247 e. The number of nitrogens with zero attached hydrogens (tertiary/aromatic N) is 1. The highest BCUT2D eigenvalue weighted by atomic mass is 19.1. The molecule has 5 N–H and O–H groups in total. The predicted molar refractivity (Wildman–Crippen MR) is 99.7 cm³/mol. The van der Waals surface area contributed by atoms with Crippen LogP contribution in [-0.4, -0.2) is 67.0 Å². The zero-order valence-corrected chi connectivity index (χ0v) is 16.0. The lowest BCUT2D eigenvalue weighted by molar-refractivity contribution is -0.125. The van der Waals surface area contributed by atoms with Gasteiger partial charge in [0.05, 0.1) is 31.2 Å². The summed E-state index contributed by atoms with van der Waals surface area (Å²) in [7, 11) is 0. The van der Waals surface area contributed by atoms with Crippen LogP contribution in [0.3, 0.4) is 0 Å². The van der Waals surface area contributed by atoms with Crippen molar-refractivity contribution in [3.8, 4) is 6.07 Å². The van der Waals surface area contributed by atoms with Gasteiger partial charge in [-0.15, -0.1) is 0 Å². The quantitative estimate of drug-likeness (QED) is 0.419. The number of hydrogen-bond donors (Lipinski definition) is 5. The smallest absolute Gasteiger partial charge is 0.247 e. The van der Waals surface area contributed by atoms with E-state index in [9.17, 15) is 24.3 Å². The van der Waals surface area contributed by atoms with E-state index in [1.54, 1.807) is 6.92 Å². The average Bonchev–Trinajstić information content (AvgIpc) is 2.69. The van der Waals surface area contributed by atoms with Crippen LogP contribution in [0.25, 0.3) is 0 Å². The van der Waals surface area contributed by atoms with Crippen molar-refractivity contribution in [1.82, 2.24) is 21.3 Å². The predicted octanol–water partition coefficient (Wildman–Crippen LogP) is -0.740. The summed E-state index contributed by atoms with van der Waals surface area (Å²) in [5.41, 5.74) is 1.08. The molecule has 3 heterocycles. The second-order valence-corrected chi connectivity index (χ2v) is 7.79. The van der Waals surface area contributed by atoms with Gasteiger partial charge >= 0.3 is 0 Å². The van der Waals surface area contributed by atoms with E-state index in [0.717, 1.165) is 12.0 Å². The average molecular weight is 393 g/mol. The first-order valence-corrected chi connectivity index (χ1v) is 9.87. The van der Waals surface area contributed by atoms with Gasteiger partial charge in [0, 0.05) is 17.5 Å². The summed E-state index contributed by atoms with van der Waals surface area (Å²) in [4.78, 5) is 25.1. The third-order valence-electron chi connectivity index (χ3n) is 6.06. The molecule has 28 heavy (non-hydrogen) atoms. The number of carbonyl (C=O) groups excluding carboxylic acids is 2. The molecule has 2 amide bonds. The van der Waals surface area contributed by atoms with E-state index in [1.165, 1.54) is 0 Å². The van der Waals surface area contributed by atoms with Crippen LogP contribution in [0.4, 0.5) is 4.39 Å². The zero-order valence-electron chi connectivity index (χ0n) is 16.0. The Kier molecular flexibility index (Phi) is 6.65. The maximum absolute atomic E-state index is 14.1. The minimum absolute atomic E-state index is 0.117. The minimum atomic E-state index is -1.14. The molecule has 6 atom stereocenters. The standard InChI is InChI=1S/C19H28FN5O3/c1-10-11(19(28)25-13-4-6-22-14(8-21)17(10)13)7-16(27)24-15(9-26)18-12(20)3-2-5-23-18/h12-15,17-18,22-23,26H,2-7,9H2,1H3,(H,24,27)(H,25,28)/t12?,13?,14?,15-,17?,18?/m1/s1. The number of aliphatic hydroxyl groups is 1. The summed E-state index contributed by atoms with van der Waals surface area (Å²) >= 11 is 0. The lowest BCUT2D eigenvalue weighted by atomic mass is 9.76. The molecule has 0 aromatic heterocycles. The number of hydrogen-bond acceptors (Lipinski definition) is 6. The lowest BCUT2D eigenvalue weighted by Gasteiger charge is -2.41. The minimum Gasteiger partial charge on any atom is -0.394 e. The Labute approximate surface area is 163 Å². The summed E-state index contributed by atoms with van der Waals surface area (Å²) in [6.45, 7) is 2.69. The molecular weight excluding hydrogens is 365 g/mol. The van der Waals surface area contributed by atoms with Gasteiger partial charge < -0.3 is 26.4 Å². The van der Waals surface area contributed by atoms with Crippen molar-refractivity contribution in [2.75, 3.05) is 19.7 Å². The van der Waals surface area contributed by atoms with E-state index in [0.29, 0.717) is 31.5 Å². The van der Waals surface area contributed by atoms with Crippen molar-refractivity contribution < 1.29 is 19.1 Å². The number of aliphatic hydroxyl groups excluding tert-OH is 1. The van der Waals surface area contributed by atoms with Crippen molar-refractivity contribution in [3.63, 3.8) is 0 Å². The van der Waals surface area contributed by atoms with Gasteiger partial charge in [-0.25, -0.2) is 4.39 Å². The van der Waals surface area contributed by atoms with Crippen LogP contribution in [0.5, 0.6) is 0 Å². The Balaban J connectivity index is 1.71. The molecule has 5 unspecified atom stereocenters. The summed E-state index contributed by atoms with van der Waals surface area (Å²) < 4.78 is 14.1. The molecule has 0 aromatic carbocycles. The molecule has 0 radical (unpaired) electrons. The number of carbonyl (C=O) groups is 2. The van der Waals surface area contributed by atoms with Gasteiger partial charge in [0.2, 0.25) is 11.8 Å². The SMILES string of the molecule is CC1=C(CC(=O)N[C@H](CO)C2NCCCC2F)C(=O)NC2CCNC(C#N)C12. The number of halogens is 1.